The second-order valence-corrected chi connectivity index (χ2v) is 6.93. The number of carbonyl (C=O) groups is 2. The molecular weight excluding hydrogens is 274 g/mol. The Bertz CT molecular complexity index is 403. The van der Waals surface area contributed by atoms with Crippen molar-refractivity contribution in [2.45, 2.75) is 70.1 Å². The number of nitrogens with zero attached hydrogens (tertiary/aromatic N) is 1. The molecule has 1 spiro atoms. The first-order chi connectivity index (χ1) is 9.75. The fourth-order valence-electron chi connectivity index (χ4n) is 3.31. The SMILES string of the molecule is CC(C)(C)OC(=O)N1C(C(=O)O)CCCC12CCOCC2. The third kappa shape index (κ3) is 3.48. The van der Waals surface area contributed by atoms with Crippen LogP contribution in [0.4, 0.5) is 4.79 Å². The van der Waals surface area contributed by atoms with Crippen LogP contribution < -0.4 is 0 Å². The minimum atomic E-state index is -0.952. The van der Waals surface area contributed by atoms with Gasteiger partial charge in [-0.05, 0) is 52.9 Å². The number of carboxylic acids is 1. The zero-order valence-electron chi connectivity index (χ0n) is 13.1. The van der Waals surface area contributed by atoms with Crippen molar-refractivity contribution in [1.29, 1.82) is 0 Å². The van der Waals surface area contributed by atoms with Gasteiger partial charge >= 0.3 is 12.1 Å². The second kappa shape index (κ2) is 5.83. The van der Waals surface area contributed by atoms with Crippen LogP contribution in [0, 0.1) is 0 Å². The normalized spacial score (nSPS) is 25.7. The summed E-state index contributed by atoms with van der Waals surface area (Å²) in [5.74, 6) is -0.952. The molecule has 0 aromatic rings. The molecule has 1 unspecified atom stereocenters. The minimum absolute atomic E-state index is 0.429. The van der Waals surface area contributed by atoms with Crippen molar-refractivity contribution in [3.05, 3.63) is 0 Å². The molecule has 21 heavy (non-hydrogen) atoms. The first-order valence-electron chi connectivity index (χ1n) is 7.58. The van der Waals surface area contributed by atoms with E-state index < -0.39 is 29.2 Å². The maximum absolute atomic E-state index is 12.6. The molecule has 0 aliphatic carbocycles. The molecule has 2 aliphatic heterocycles. The number of ether oxygens (including phenoxy) is 2. The Morgan fingerprint density at radius 2 is 1.86 bits per heavy atom. The Kier molecular flexibility index (Phi) is 4.46. The number of piperidine rings is 1. The lowest BCUT2D eigenvalue weighted by molar-refractivity contribution is -0.152. The molecule has 0 bridgehead atoms. The molecule has 1 atom stereocenters. The largest absolute Gasteiger partial charge is 0.480 e. The van der Waals surface area contributed by atoms with E-state index in [9.17, 15) is 14.7 Å². The van der Waals surface area contributed by atoms with Crippen LogP contribution in [-0.2, 0) is 14.3 Å². The van der Waals surface area contributed by atoms with Crippen molar-refractivity contribution in [2.24, 2.45) is 0 Å². The molecule has 2 rings (SSSR count). The quantitative estimate of drug-likeness (QED) is 0.804. The van der Waals surface area contributed by atoms with Crippen molar-refractivity contribution in [3.8, 4) is 0 Å². The van der Waals surface area contributed by atoms with Gasteiger partial charge in [-0.3, -0.25) is 4.90 Å². The maximum atomic E-state index is 12.6. The molecule has 0 saturated carbocycles. The summed E-state index contributed by atoms with van der Waals surface area (Å²) in [5.41, 5.74) is -1.06. The molecule has 6 heteroatoms. The van der Waals surface area contributed by atoms with Crippen LogP contribution in [0.25, 0.3) is 0 Å². The highest BCUT2D eigenvalue weighted by molar-refractivity contribution is 5.81. The van der Waals surface area contributed by atoms with Crippen LogP contribution in [-0.4, -0.2) is 52.5 Å². The Labute approximate surface area is 125 Å². The number of carboxylic acid groups (broad SMARTS) is 1. The molecule has 2 saturated heterocycles. The highest BCUT2D eigenvalue weighted by atomic mass is 16.6. The van der Waals surface area contributed by atoms with Gasteiger partial charge in [-0.1, -0.05) is 0 Å². The predicted octanol–water partition coefficient (Wildman–Crippen LogP) is 2.41. The zero-order valence-corrected chi connectivity index (χ0v) is 13.1. The number of carbonyl (C=O) groups excluding carboxylic acids is 1. The van der Waals surface area contributed by atoms with E-state index in [1.165, 1.54) is 4.90 Å². The number of aliphatic carboxylic acids is 1. The van der Waals surface area contributed by atoms with E-state index in [0.29, 0.717) is 32.5 Å². The first kappa shape index (κ1) is 16.1. The Hall–Kier alpha value is -1.30. The number of hydrogen-bond acceptors (Lipinski definition) is 4. The summed E-state index contributed by atoms with van der Waals surface area (Å²) in [6, 6.07) is -0.799. The number of amides is 1. The van der Waals surface area contributed by atoms with Crippen LogP contribution in [0.2, 0.25) is 0 Å². The topological polar surface area (TPSA) is 76.1 Å². The van der Waals surface area contributed by atoms with Crippen molar-refractivity contribution >= 4 is 12.1 Å². The van der Waals surface area contributed by atoms with Gasteiger partial charge in [0.25, 0.3) is 0 Å². The monoisotopic (exact) mass is 299 g/mol. The molecule has 2 heterocycles. The number of rotatable bonds is 1. The Morgan fingerprint density at radius 3 is 2.38 bits per heavy atom. The van der Waals surface area contributed by atoms with Gasteiger partial charge in [0.2, 0.25) is 0 Å². The van der Waals surface area contributed by atoms with Crippen molar-refractivity contribution < 1.29 is 24.2 Å². The van der Waals surface area contributed by atoms with Crippen LogP contribution in [0.15, 0.2) is 0 Å². The molecule has 0 aromatic heterocycles. The van der Waals surface area contributed by atoms with E-state index in [1.807, 2.05) is 0 Å². The lowest BCUT2D eigenvalue weighted by Crippen LogP contribution is -2.63. The molecule has 6 nitrogen and oxygen atoms in total. The summed E-state index contributed by atoms with van der Waals surface area (Å²) >= 11 is 0. The molecule has 1 N–H and O–H groups in total. The van der Waals surface area contributed by atoms with Gasteiger partial charge in [-0.25, -0.2) is 9.59 Å². The summed E-state index contributed by atoms with van der Waals surface area (Å²) in [5, 5.41) is 9.49. The number of likely N-dealkylation sites (tertiary alicyclic amines) is 1. The Morgan fingerprint density at radius 1 is 1.24 bits per heavy atom. The maximum Gasteiger partial charge on any atom is 0.411 e. The first-order valence-corrected chi connectivity index (χ1v) is 7.58. The van der Waals surface area contributed by atoms with E-state index in [1.54, 1.807) is 20.8 Å². The van der Waals surface area contributed by atoms with E-state index in [-0.39, 0.29) is 0 Å². The summed E-state index contributed by atoms with van der Waals surface area (Å²) in [7, 11) is 0. The average Bonchev–Trinajstić information content (AvgIpc) is 2.37. The fraction of sp³-hybridized carbons (Fsp3) is 0.867. The van der Waals surface area contributed by atoms with Crippen molar-refractivity contribution in [1.82, 2.24) is 4.90 Å². The number of hydrogen-bond donors (Lipinski definition) is 1. The molecular formula is C15H25NO5. The lowest BCUT2D eigenvalue weighted by atomic mass is 9.78. The van der Waals surface area contributed by atoms with Gasteiger partial charge < -0.3 is 14.6 Å². The molecule has 2 aliphatic rings. The van der Waals surface area contributed by atoms with E-state index in [0.717, 1.165) is 12.8 Å². The van der Waals surface area contributed by atoms with Crippen LogP contribution in [0.1, 0.15) is 52.9 Å². The predicted molar refractivity (Wildman–Crippen MR) is 76.1 cm³/mol. The van der Waals surface area contributed by atoms with E-state index >= 15 is 0 Å². The average molecular weight is 299 g/mol. The van der Waals surface area contributed by atoms with Gasteiger partial charge in [0.15, 0.2) is 0 Å². The van der Waals surface area contributed by atoms with Crippen LogP contribution in [0.5, 0.6) is 0 Å². The molecule has 1 amide bonds. The summed E-state index contributed by atoms with van der Waals surface area (Å²) in [6.07, 6.45) is 2.95. The lowest BCUT2D eigenvalue weighted by Gasteiger charge is -2.51. The van der Waals surface area contributed by atoms with E-state index in [4.69, 9.17) is 9.47 Å². The van der Waals surface area contributed by atoms with Crippen LogP contribution >= 0.6 is 0 Å². The van der Waals surface area contributed by atoms with Gasteiger partial charge in [0.1, 0.15) is 11.6 Å². The van der Waals surface area contributed by atoms with Gasteiger partial charge in [-0.2, -0.15) is 0 Å². The third-order valence-corrected chi connectivity index (χ3v) is 4.24. The van der Waals surface area contributed by atoms with Crippen molar-refractivity contribution in [2.75, 3.05) is 13.2 Å². The Balaban J connectivity index is 2.29. The van der Waals surface area contributed by atoms with Gasteiger partial charge in [0.05, 0.1) is 5.54 Å². The smallest absolute Gasteiger partial charge is 0.411 e. The highest BCUT2D eigenvalue weighted by Gasteiger charge is 2.50. The summed E-state index contributed by atoms with van der Waals surface area (Å²) in [6.45, 7) is 6.50. The molecule has 0 radical (unpaired) electrons. The fourth-order valence-corrected chi connectivity index (χ4v) is 3.31. The van der Waals surface area contributed by atoms with Gasteiger partial charge in [-0.15, -0.1) is 0 Å². The standard InChI is InChI=1S/C15H25NO5/c1-14(2,3)21-13(19)16-11(12(17)18)5-4-6-15(16)7-9-20-10-8-15/h11H,4-10H2,1-3H3,(H,17,18). The van der Waals surface area contributed by atoms with Crippen molar-refractivity contribution in [3.63, 3.8) is 0 Å². The highest BCUT2D eigenvalue weighted by Crippen LogP contribution is 2.40. The zero-order chi connectivity index (χ0) is 15.7. The third-order valence-electron chi connectivity index (χ3n) is 4.24. The van der Waals surface area contributed by atoms with Crippen LogP contribution in [0.3, 0.4) is 0 Å². The summed E-state index contributed by atoms with van der Waals surface area (Å²) < 4.78 is 10.9. The minimum Gasteiger partial charge on any atom is -0.480 e. The summed E-state index contributed by atoms with van der Waals surface area (Å²) in [4.78, 5) is 25.7. The second-order valence-electron chi connectivity index (χ2n) is 6.93. The molecule has 2 fully saturated rings. The van der Waals surface area contributed by atoms with E-state index in [2.05, 4.69) is 0 Å². The van der Waals surface area contributed by atoms with Gasteiger partial charge in [0, 0.05) is 13.2 Å². The molecule has 120 valence electrons. The molecule has 0 aromatic carbocycles.